The molecule has 4 aromatic carbocycles. The number of amides is 2. The van der Waals surface area contributed by atoms with Gasteiger partial charge in [0.05, 0.1) is 31.9 Å². The number of rotatable bonds is 12. The summed E-state index contributed by atoms with van der Waals surface area (Å²) >= 11 is 0. The van der Waals surface area contributed by atoms with E-state index in [2.05, 4.69) is 39.5 Å². The third kappa shape index (κ3) is 8.05. The summed E-state index contributed by atoms with van der Waals surface area (Å²) < 4.78 is 13.5. The Bertz CT molecular complexity index is 1910. The number of likely N-dealkylation sites (tertiary alicyclic amines) is 1. The van der Waals surface area contributed by atoms with E-state index < -0.39 is 17.8 Å². The highest BCUT2D eigenvalue weighted by Gasteiger charge is 2.51. The second kappa shape index (κ2) is 16.5. The van der Waals surface area contributed by atoms with E-state index in [0.717, 1.165) is 65.0 Å². The van der Waals surface area contributed by atoms with Crippen LogP contribution >= 0.6 is 0 Å². The zero-order valence-corrected chi connectivity index (χ0v) is 30.5. The van der Waals surface area contributed by atoms with Gasteiger partial charge in [0.2, 0.25) is 11.8 Å². The molecule has 2 amide bonds. The average molecular weight is 733 g/mol. The first-order chi connectivity index (χ1) is 26.2. The van der Waals surface area contributed by atoms with Crippen LogP contribution in [0.1, 0.15) is 67.3 Å². The predicted octanol–water partition coefficient (Wildman–Crippen LogP) is 5.55. The zero-order valence-electron chi connectivity index (χ0n) is 30.5. The van der Waals surface area contributed by atoms with Gasteiger partial charge in [-0.3, -0.25) is 14.4 Å². The Labute approximate surface area is 315 Å². The summed E-state index contributed by atoms with van der Waals surface area (Å²) in [5.74, 6) is -1.19. The van der Waals surface area contributed by atoms with Crippen LogP contribution in [0.5, 0.6) is 0 Å². The van der Waals surface area contributed by atoms with Gasteiger partial charge in [-0.1, -0.05) is 97.9 Å². The number of ether oxygens (including phenoxy) is 2. The SMILES string of the molecule is C[C@H]1[C@@H](CN2CCC3(CC2)C(=O)NCN3c2ccccc2)O[C@@H](c2ccc(-c3ccccc3CNC(=O)CCC(=O)O)cc2)O[C@H]1c1ccc(CO)cc1. The van der Waals surface area contributed by atoms with Crippen molar-refractivity contribution in [3.63, 3.8) is 0 Å². The van der Waals surface area contributed by atoms with Gasteiger partial charge in [-0.05, 0) is 52.8 Å². The number of carbonyl (C=O) groups excluding carboxylic acids is 2. The lowest BCUT2D eigenvalue weighted by molar-refractivity contribution is -0.276. The molecule has 4 atom stereocenters. The number of carbonyl (C=O) groups is 3. The van der Waals surface area contributed by atoms with Gasteiger partial charge in [0.25, 0.3) is 0 Å². The first kappa shape index (κ1) is 37.3. The van der Waals surface area contributed by atoms with Crippen LogP contribution in [0.3, 0.4) is 0 Å². The molecule has 0 unspecified atom stereocenters. The van der Waals surface area contributed by atoms with Crippen molar-refractivity contribution in [2.45, 2.75) is 69.8 Å². The van der Waals surface area contributed by atoms with Gasteiger partial charge in [-0.15, -0.1) is 0 Å². The number of carboxylic acids is 1. The monoisotopic (exact) mass is 732 g/mol. The molecule has 0 aromatic heterocycles. The molecule has 0 saturated carbocycles. The molecule has 11 nitrogen and oxygen atoms in total. The van der Waals surface area contributed by atoms with E-state index in [4.69, 9.17) is 14.6 Å². The normalized spacial score (nSPS) is 22.6. The second-order valence-corrected chi connectivity index (χ2v) is 14.5. The molecule has 0 bridgehead atoms. The van der Waals surface area contributed by atoms with Gasteiger partial charge in [-0.2, -0.15) is 0 Å². The Morgan fingerprint density at radius 3 is 2.26 bits per heavy atom. The van der Waals surface area contributed by atoms with E-state index in [0.29, 0.717) is 13.2 Å². The zero-order chi connectivity index (χ0) is 37.7. The maximum atomic E-state index is 13.3. The molecule has 1 spiro atoms. The van der Waals surface area contributed by atoms with Crippen molar-refractivity contribution in [2.75, 3.05) is 31.2 Å². The van der Waals surface area contributed by atoms with E-state index in [1.165, 1.54) is 0 Å². The molecular formula is C43H48N4O7. The van der Waals surface area contributed by atoms with Crippen molar-refractivity contribution in [1.29, 1.82) is 0 Å². The number of carboxylic acid groups (broad SMARTS) is 1. The minimum atomic E-state index is -1.00. The molecule has 4 N–H and O–H groups in total. The van der Waals surface area contributed by atoms with E-state index in [-0.39, 0.29) is 55.9 Å². The lowest BCUT2D eigenvalue weighted by Crippen LogP contribution is -2.57. The molecule has 11 heteroatoms. The summed E-state index contributed by atoms with van der Waals surface area (Å²) in [6, 6.07) is 34.0. The van der Waals surface area contributed by atoms with Crippen LogP contribution in [0, 0.1) is 5.92 Å². The molecule has 3 aliphatic heterocycles. The van der Waals surface area contributed by atoms with Crippen molar-refractivity contribution < 1.29 is 34.1 Å². The first-order valence-corrected chi connectivity index (χ1v) is 18.7. The summed E-state index contributed by atoms with van der Waals surface area (Å²) in [6.45, 7) is 5.15. The molecule has 282 valence electrons. The Hall–Kier alpha value is -5.07. The maximum Gasteiger partial charge on any atom is 0.303 e. The Balaban J connectivity index is 1.07. The topological polar surface area (TPSA) is 141 Å². The smallest absolute Gasteiger partial charge is 0.303 e. The summed E-state index contributed by atoms with van der Waals surface area (Å²) in [5.41, 5.74) is 6.08. The number of nitrogens with one attached hydrogen (secondary N) is 2. The lowest BCUT2D eigenvalue weighted by Gasteiger charge is -2.46. The fourth-order valence-electron chi connectivity index (χ4n) is 8.00. The number of benzene rings is 4. The number of aliphatic hydroxyl groups is 1. The number of anilines is 1. The summed E-state index contributed by atoms with van der Waals surface area (Å²) in [7, 11) is 0. The van der Waals surface area contributed by atoms with E-state index in [1.807, 2.05) is 91.0 Å². The minimum Gasteiger partial charge on any atom is -0.481 e. The van der Waals surface area contributed by atoms with Gasteiger partial charge in [0.15, 0.2) is 6.29 Å². The fraction of sp³-hybridized carbons (Fsp3) is 0.372. The van der Waals surface area contributed by atoms with Crippen LogP contribution in [0.25, 0.3) is 11.1 Å². The van der Waals surface area contributed by atoms with Gasteiger partial charge >= 0.3 is 5.97 Å². The number of para-hydroxylation sites is 1. The van der Waals surface area contributed by atoms with Crippen molar-refractivity contribution in [2.24, 2.45) is 5.92 Å². The van der Waals surface area contributed by atoms with Crippen LogP contribution in [0.4, 0.5) is 5.69 Å². The number of nitrogens with zero attached hydrogens (tertiary/aromatic N) is 2. The lowest BCUT2D eigenvalue weighted by atomic mass is 9.84. The summed E-state index contributed by atoms with van der Waals surface area (Å²) in [4.78, 5) is 41.1. The molecule has 4 aromatic rings. The van der Waals surface area contributed by atoms with Gasteiger partial charge in [0.1, 0.15) is 5.54 Å². The molecule has 0 aliphatic carbocycles. The van der Waals surface area contributed by atoms with Crippen molar-refractivity contribution >= 4 is 23.5 Å². The molecule has 3 aliphatic rings. The van der Waals surface area contributed by atoms with E-state index in [1.54, 1.807) is 0 Å². The van der Waals surface area contributed by atoms with Gasteiger partial charge in [-0.25, -0.2) is 0 Å². The minimum absolute atomic E-state index is 0.0181. The number of aliphatic hydroxyl groups excluding tert-OH is 1. The van der Waals surface area contributed by atoms with E-state index >= 15 is 0 Å². The molecule has 0 radical (unpaired) electrons. The van der Waals surface area contributed by atoms with Crippen LogP contribution in [0.15, 0.2) is 103 Å². The summed E-state index contributed by atoms with van der Waals surface area (Å²) in [5, 5.41) is 24.5. The van der Waals surface area contributed by atoms with Crippen LogP contribution in [0.2, 0.25) is 0 Å². The third-order valence-electron chi connectivity index (χ3n) is 11.2. The van der Waals surface area contributed by atoms with Crippen molar-refractivity contribution in [3.8, 4) is 11.1 Å². The molecule has 3 fully saturated rings. The van der Waals surface area contributed by atoms with Crippen molar-refractivity contribution in [1.82, 2.24) is 15.5 Å². The average Bonchev–Trinajstić information content (AvgIpc) is 3.52. The Morgan fingerprint density at radius 1 is 0.870 bits per heavy atom. The Morgan fingerprint density at radius 2 is 1.56 bits per heavy atom. The number of piperidine rings is 1. The third-order valence-corrected chi connectivity index (χ3v) is 11.2. The highest BCUT2D eigenvalue weighted by atomic mass is 16.7. The standard InChI is InChI=1S/C43H48N4O7/c1-29-37(26-46-23-21-43(22-24-46)42(52)45-28-47(43)35-8-3-2-4-9-35)53-41(54-40(29)32-13-11-30(27-48)12-14-32)33-17-15-31(16-18-33)36-10-6-5-7-34(36)25-44-38(49)19-20-39(50)51/h2-18,29,37,40-41,48H,19-28H2,1H3,(H,44,49)(H,45,52)(H,50,51)/t29-,37+,40+,41+/m0/s1. The highest BCUT2D eigenvalue weighted by molar-refractivity contribution is 5.93. The quantitative estimate of drug-likeness (QED) is 0.148. The maximum absolute atomic E-state index is 13.3. The van der Waals surface area contributed by atoms with Crippen molar-refractivity contribution in [3.05, 3.63) is 125 Å². The predicted molar refractivity (Wildman–Crippen MR) is 204 cm³/mol. The summed E-state index contributed by atoms with van der Waals surface area (Å²) in [6.07, 6.45) is 0.120. The molecular weight excluding hydrogens is 684 g/mol. The molecule has 54 heavy (non-hydrogen) atoms. The van der Waals surface area contributed by atoms with E-state index in [9.17, 15) is 19.5 Å². The number of hydrogen-bond donors (Lipinski definition) is 4. The fourth-order valence-corrected chi connectivity index (χ4v) is 8.00. The molecule has 7 rings (SSSR count). The van der Waals surface area contributed by atoms with Crippen LogP contribution in [-0.2, 0) is 37.0 Å². The number of hydrogen-bond acceptors (Lipinski definition) is 8. The Kier molecular flexibility index (Phi) is 11.4. The van der Waals surface area contributed by atoms with Gasteiger partial charge in [0, 0.05) is 49.8 Å². The van der Waals surface area contributed by atoms with Crippen LogP contribution in [-0.4, -0.2) is 70.8 Å². The first-order valence-electron chi connectivity index (χ1n) is 18.7. The highest BCUT2D eigenvalue weighted by Crippen LogP contribution is 2.43. The molecule has 3 heterocycles. The second-order valence-electron chi connectivity index (χ2n) is 14.5. The molecule has 3 saturated heterocycles. The largest absolute Gasteiger partial charge is 0.481 e. The van der Waals surface area contributed by atoms with Crippen LogP contribution < -0.4 is 15.5 Å². The number of aliphatic carboxylic acids is 1. The van der Waals surface area contributed by atoms with Gasteiger partial charge < -0.3 is 40.1 Å².